The van der Waals surface area contributed by atoms with Gasteiger partial charge in [-0.3, -0.25) is 0 Å². The molecule has 1 aliphatic rings. The summed E-state index contributed by atoms with van der Waals surface area (Å²) in [5, 5.41) is 3.49. The molecule has 1 unspecified atom stereocenters. The Morgan fingerprint density at radius 1 is 1.21 bits per heavy atom. The summed E-state index contributed by atoms with van der Waals surface area (Å²) in [6.45, 7) is 4.18. The highest BCUT2D eigenvalue weighted by molar-refractivity contribution is 5.48. The van der Waals surface area contributed by atoms with E-state index in [2.05, 4.69) is 40.2 Å². The number of benzene rings is 1. The van der Waals surface area contributed by atoms with Crippen LogP contribution in [-0.2, 0) is 6.42 Å². The smallest absolute Gasteiger partial charge is 0.229 e. The van der Waals surface area contributed by atoms with E-state index in [0.29, 0.717) is 11.9 Å². The molecule has 0 amide bonds. The van der Waals surface area contributed by atoms with Crippen molar-refractivity contribution in [3.63, 3.8) is 0 Å². The molecular formula is C18H25N5O. The van der Waals surface area contributed by atoms with Gasteiger partial charge in [0.15, 0.2) is 0 Å². The molecule has 0 fully saturated rings. The lowest BCUT2D eigenvalue weighted by Gasteiger charge is -2.18. The molecule has 0 radical (unpaired) electrons. The minimum absolute atomic E-state index is 0.201. The van der Waals surface area contributed by atoms with E-state index in [1.807, 2.05) is 31.1 Å². The lowest BCUT2D eigenvalue weighted by atomic mass is 10.1. The number of nitrogens with one attached hydrogen (secondary N) is 1. The van der Waals surface area contributed by atoms with Gasteiger partial charge in [-0.15, -0.1) is 0 Å². The summed E-state index contributed by atoms with van der Waals surface area (Å²) in [6, 6.07) is 6.41. The number of aromatic nitrogens is 3. The van der Waals surface area contributed by atoms with Gasteiger partial charge in [-0.05, 0) is 30.0 Å². The molecule has 24 heavy (non-hydrogen) atoms. The molecule has 0 bridgehead atoms. The van der Waals surface area contributed by atoms with Gasteiger partial charge in [0.1, 0.15) is 11.6 Å². The van der Waals surface area contributed by atoms with E-state index in [1.165, 1.54) is 11.1 Å². The van der Waals surface area contributed by atoms with E-state index in [-0.39, 0.29) is 12.0 Å². The quantitative estimate of drug-likeness (QED) is 0.910. The number of hydrogen-bond acceptors (Lipinski definition) is 6. The number of methoxy groups -OCH3 is 1. The Morgan fingerprint density at radius 2 is 2.00 bits per heavy atom. The van der Waals surface area contributed by atoms with Crippen molar-refractivity contribution in [3.05, 3.63) is 35.2 Å². The molecule has 1 aliphatic carbocycles. The van der Waals surface area contributed by atoms with Crippen LogP contribution in [0.1, 0.15) is 49.2 Å². The molecule has 1 atom stereocenters. The predicted molar refractivity (Wildman–Crippen MR) is 95.9 cm³/mol. The van der Waals surface area contributed by atoms with Crippen molar-refractivity contribution in [2.24, 2.45) is 0 Å². The number of nitrogens with zero attached hydrogens (tertiary/aromatic N) is 4. The van der Waals surface area contributed by atoms with Crippen molar-refractivity contribution >= 4 is 11.9 Å². The third-order valence-corrected chi connectivity index (χ3v) is 4.31. The highest BCUT2D eigenvalue weighted by atomic mass is 16.5. The normalized spacial score (nSPS) is 16.2. The van der Waals surface area contributed by atoms with Crippen LogP contribution in [0.3, 0.4) is 0 Å². The second kappa shape index (κ2) is 6.63. The van der Waals surface area contributed by atoms with Gasteiger partial charge in [0, 0.05) is 20.0 Å². The van der Waals surface area contributed by atoms with Gasteiger partial charge in [-0.2, -0.15) is 15.0 Å². The number of ether oxygens (including phenoxy) is 1. The van der Waals surface area contributed by atoms with Crippen molar-refractivity contribution in [1.29, 1.82) is 0 Å². The molecule has 128 valence electrons. The average molecular weight is 327 g/mol. The van der Waals surface area contributed by atoms with E-state index >= 15 is 0 Å². The summed E-state index contributed by atoms with van der Waals surface area (Å²) in [7, 11) is 5.61. The second-order valence-electron chi connectivity index (χ2n) is 6.63. The molecule has 0 saturated carbocycles. The molecule has 1 aromatic heterocycles. The van der Waals surface area contributed by atoms with E-state index in [4.69, 9.17) is 4.74 Å². The van der Waals surface area contributed by atoms with E-state index < -0.39 is 0 Å². The zero-order valence-corrected chi connectivity index (χ0v) is 15.0. The monoisotopic (exact) mass is 327 g/mol. The van der Waals surface area contributed by atoms with E-state index in [0.717, 1.165) is 24.4 Å². The number of hydrogen-bond donors (Lipinski definition) is 1. The minimum atomic E-state index is 0.201. The van der Waals surface area contributed by atoms with Gasteiger partial charge in [0.25, 0.3) is 0 Å². The van der Waals surface area contributed by atoms with E-state index in [9.17, 15) is 0 Å². The molecule has 0 aliphatic heterocycles. The maximum Gasteiger partial charge on any atom is 0.229 e. The van der Waals surface area contributed by atoms with Crippen LogP contribution in [0.2, 0.25) is 0 Å². The van der Waals surface area contributed by atoms with Crippen LogP contribution in [0, 0.1) is 0 Å². The zero-order valence-electron chi connectivity index (χ0n) is 15.0. The molecular weight excluding hydrogens is 302 g/mol. The summed E-state index contributed by atoms with van der Waals surface area (Å²) in [5.74, 6) is 3.34. The Balaban J connectivity index is 1.91. The van der Waals surface area contributed by atoms with Crippen molar-refractivity contribution < 1.29 is 4.74 Å². The number of fused-ring (bicyclic) bond motifs is 1. The van der Waals surface area contributed by atoms with Crippen molar-refractivity contribution in [2.75, 3.05) is 31.4 Å². The SMILES string of the molecule is COc1cccc2c1CCC2Nc1nc(C(C)C)nc(N(C)C)n1. The highest BCUT2D eigenvalue weighted by Gasteiger charge is 2.26. The first-order valence-electron chi connectivity index (χ1n) is 8.35. The molecule has 2 aromatic rings. The van der Waals surface area contributed by atoms with Crippen LogP contribution in [0.5, 0.6) is 5.75 Å². The Morgan fingerprint density at radius 3 is 2.67 bits per heavy atom. The largest absolute Gasteiger partial charge is 0.496 e. The molecule has 1 N–H and O–H groups in total. The fourth-order valence-corrected chi connectivity index (χ4v) is 3.02. The van der Waals surface area contributed by atoms with Crippen molar-refractivity contribution in [2.45, 2.75) is 38.6 Å². The fraction of sp³-hybridized carbons (Fsp3) is 0.500. The van der Waals surface area contributed by atoms with Gasteiger partial charge in [-0.25, -0.2) is 0 Å². The van der Waals surface area contributed by atoms with Crippen LogP contribution < -0.4 is 15.0 Å². The Bertz CT molecular complexity index is 703. The number of rotatable bonds is 5. The zero-order chi connectivity index (χ0) is 17.3. The van der Waals surface area contributed by atoms with Gasteiger partial charge in [-0.1, -0.05) is 26.0 Å². The van der Waals surface area contributed by atoms with Crippen molar-refractivity contribution in [1.82, 2.24) is 15.0 Å². The van der Waals surface area contributed by atoms with Crippen molar-refractivity contribution in [3.8, 4) is 5.75 Å². The van der Waals surface area contributed by atoms with E-state index in [1.54, 1.807) is 7.11 Å². The molecule has 0 saturated heterocycles. The summed E-state index contributed by atoms with van der Waals surface area (Å²) in [4.78, 5) is 15.6. The molecule has 6 nitrogen and oxygen atoms in total. The van der Waals surface area contributed by atoms with Crippen LogP contribution in [0.4, 0.5) is 11.9 Å². The molecule has 0 spiro atoms. The van der Waals surface area contributed by atoms with Gasteiger partial charge >= 0.3 is 0 Å². The predicted octanol–water partition coefficient (Wildman–Crippen LogP) is 3.17. The Hall–Kier alpha value is -2.37. The second-order valence-corrected chi connectivity index (χ2v) is 6.63. The summed E-state index contributed by atoms with van der Waals surface area (Å²) >= 11 is 0. The molecule has 6 heteroatoms. The lowest BCUT2D eigenvalue weighted by molar-refractivity contribution is 0.410. The standard InChI is InChI=1S/C18H25N5O/c1-11(2)16-20-17(22-18(21-16)23(3)4)19-14-10-9-13-12(14)7-6-8-15(13)24-5/h6-8,11,14H,9-10H2,1-5H3,(H,19,20,21,22). The lowest BCUT2D eigenvalue weighted by Crippen LogP contribution is -2.18. The molecule has 1 heterocycles. The van der Waals surface area contributed by atoms with Crippen LogP contribution in [0.25, 0.3) is 0 Å². The Kier molecular flexibility index (Phi) is 4.55. The molecule has 3 rings (SSSR count). The maximum absolute atomic E-state index is 5.48. The fourth-order valence-electron chi connectivity index (χ4n) is 3.02. The van der Waals surface area contributed by atoms with Gasteiger partial charge < -0.3 is 15.0 Å². The van der Waals surface area contributed by atoms with Gasteiger partial charge in [0.05, 0.1) is 13.2 Å². The van der Waals surface area contributed by atoms with Crippen LogP contribution >= 0.6 is 0 Å². The maximum atomic E-state index is 5.48. The third-order valence-electron chi connectivity index (χ3n) is 4.31. The first kappa shape index (κ1) is 16.5. The third kappa shape index (κ3) is 3.13. The summed E-state index contributed by atoms with van der Waals surface area (Å²) in [5.41, 5.74) is 2.55. The van der Waals surface area contributed by atoms with Crippen LogP contribution in [-0.4, -0.2) is 36.2 Å². The van der Waals surface area contributed by atoms with Gasteiger partial charge in [0.2, 0.25) is 11.9 Å². The summed E-state index contributed by atoms with van der Waals surface area (Å²) < 4.78 is 5.48. The molecule has 1 aromatic carbocycles. The topological polar surface area (TPSA) is 63.2 Å². The van der Waals surface area contributed by atoms with Crippen LogP contribution in [0.15, 0.2) is 18.2 Å². The first-order chi connectivity index (χ1) is 11.5. The first-order valence-corrected chi connectivity index (χ1v) is 8.35. The summed E-state index contributed by atoms with van der Waals surface area (Å²) in [6.07, 6.45) is 2.01. The highest BCUT2D eigenvalue weighted by Crippen LogP contribution is 2.38. The number of anilines is 2. The minimum Gasteiger partial charge on any atom is -0.496 e. The Labute approximate surface area is 143 Å². The average Bonchev–Trinajstić information content (AvgIpc) is 2.97.